The average molecular weight is 428 g/mol. The summed E-state index contributed by atoms with van der Waals surface area (Å²) in [5, 5.41) is 25.9. The first kappa shape index (κ1) is 22.6. The Morgan fingerprint density at radius 2 is 1.90 bits per heavy atom. The largest absolute Gasteiger partial charge is 0.490 e. The summed E-state index contributed by atoms with van der Waals surface area (Å²) in [5.74, 6) is 1.97. The molecule has 0 aliphatic carbocycles. The minimum Gasteiger partial charge on any atom is -0.490 e. The number of aromatic nitrogens is 4. The van der Waals surface area contributed by atoms with Crippen LogP contribution in [0.25, 0.3) is 23.0 Å². The fourth-order valence-corrected chi connectivity index (χ4v) is 3.12. The Morgan fingerprint density at radius 1 is 1.13 bits per heavy atom. The minimum absolute atomic E-state index is 0.0237. The molecule has 1 atom stereocenters. The van der Waals surface area contributed by atoms with Crippen LogP contribution in [-0.2, 0) is 6.42 Å². The number of rotatable bonds is 9. The molecular formula is C22H29N5O4. The predicted molar refractivity (Wildman–Crippen MR) is 117 cm³/mol. The van der Waals surface area contributed by atoms with Crippen LogP contribution >= 0.6 is 0 Å². The first-order chi connectivity index (χ1) is 14.8. The summed E-state index contributed by atoms with van der Waals surface area (Å²) in [6.07, 6.45) is -0.200. The number of aliphatic hydroxyl groups is 2. The molecule has 31 heavy (non-hydrogen) atoms. The summed E-state index contributed by atoms with van der Waals surface area (Å²) in [6.45, 7) is 9.53. The van der Waals surface area contributed by atoms with Gasteiger partial charge in [-0.25, -0.2) is 9.97 Å². The highest BCUT2D eigenvalue weighted by molar-refractivity contribution is 5.63. The van der Waals surface area contributed by atoms with Crippen molar-refractivity contribution in [2.24, 2.45) is 0 Å². The van der Waals surface area contributed by atoms with Gasteiger partial charge in [0.25, 0.3) is 5.89 Å². The summed E-state index contributed by atoms with van der Waals surface area (Å²) in [6, 6.07) is 5.85. The Morgan fingerprint density at radius 3 is 2.58 bits per heavy atom. The molecule has 0 saturated carbocycles. The van der Waals surface area contributed by atoms with Gasteiger partial charge in [-0.2, -0.15) is 4.98 Å². The van der Waals surface area contributed by atoms with Crippen molar-refractivity contribution in [3.8, 4) is 28.7 Å². The zero-order valence-corrected chi connectivity index (χ0v) is 18.5. The summed E-state index contributed by atoms with van der Waals surface area (Å²) in [7, 11) is 0. The molecule has 1 aromatic carbocycles. The van der Waals surface area contributed by atoms with E-state index in [2.05, 4.69) is 25.4 Å². The minimum atomic E-state index is -0.921. The van der Waals surface area contributed by atoms with Gasteiger partial charge in [0.2, 0.25) is 11.8 Å². The summed E-state index contributed by atoms with van der Waals surface area (Å²) < 4.78 is 11.2. The van der Waals surface area contributed by atoms with Gasteiger partial charge in [0, 0.05) is 17.3 Å². The molecule has 3 aromatic rings. The van der Waals surface area contributed by atoms with Gasteiger partial charge in [-0.3, -0.25) is 0 Å². The molecular weight excluding hydrogens is 398 g/mol. The number of benzene rings is 1. The van der Waals surface area contributed by atoms with E-state index in [1.165, 1.54) is 0 Å². The van der Waals surface area contributed by atoms with Gasteiger partial charge >= 0.3 is 0 Å². The molecule has 0 radical (unpaired) electrons. The summed E-state index contributed by atoms with van der Waals surface area (Å²) in [5.41, 5.74) is 3.98. The average Bonchev–Trinajstić information content (AvgIpc) is 3.21. The summed E-state index contributed by atoms with van der Waals surface area (Å²) in [4.78, 5) is 13.4. The highest BCUT2D eigenvalue weighted by Crippen LogP contribution is 2.31. The molecule has 166 valence electrons. The molecule has 0 aliphatic rings. The van der Waals surface area contributed by atoms with Crippen molar-refractivity contribution in [2.45, 2.75) is 53.2 Å². The first-order valence-corrected chi connectivity index (χ1v) is 10.3. The molecule has 0 bridgehead atoms. The third-order valence-electron chi connectivity index (χ3n) is 4.54. The Balaban J connectivity index is 1.90. The second kappa shape index (κ2) is 9.84. The van der Waals surface area contributed by atoms with Gasteiger partial charge < -0.3 is 24.8 Å². The monoisotopic (exact) mass is 427 g/mol. The molecule has 9 heteroatoms. The van der Waals surface area contributed by atoms with Gasteiger partial charge in [0.05, 0.1) is 6.61 Å². The second-order valence-corrected chi connectivity index (χ2v) is 7.72. The third-order valence-corrected chi connectivity index (χ3v) is 4.54. The van der Waals surface area contributed by atoms with Crippen LogP contribution in [0.2, 0.25) is 0 Å². The van der Waals surface area contributed by atoms with Crippen molar-refractivity contribution < 1.29 is 19.5 Å². The number of hydrogen-bond donors (Lipinski definition) is 3. The molecule has 3 rings (SSSR count). The van der Waals surface area contributed by atoms with E-state index >= 15 is 0 Å². The third kappa shape index (κ3) is 5.56. The lowest BCUT2D eigenvalue weighted by atomic mass is 10.0. The molecule has 0 amide bonds. The van der Waals surface area contributed by atoms with Crippen molar-refractivity contribution >= 4 is 5.95 Å². The van der Waals surface area contributed by atoms with Crippen molar-refractivity contribution in [1.82, 2.24) is 20.1 Å². The fraction of sp³-hybridized carbons (Fsp3) is 0.455. The van der Waals surface area contributed by atoms with Crippen LogP contribution in [0.4, 0.5) is 5.95 Å². The molecule has 0 saturated heterocycles. The Labute approximate surface area is 181 Å². The van der Waals surface area contributed by atoms with Crippen molar-refractivity contribution in [2.75, 3.05) is 18.5 Å². The second-order valence-electron chi connectivity index (χ2n) is 7.72. The van der Waals surface area contributed by atoms with E-state index in [0.717, 1.165) is 28.8 Å². The molecule has 0 aliphatic heterocycles. The smallest absolute Gasteiger partial charge is 0.277 e. The Kier molecular flexibility index (Phi) is 7.19. The number of anilines is 1. The molecule has 9 nitrogen and oxygen atoms in total. The topological polar surface area (TPSA) is 126 Å². The highest BCUT2D eigenvalue weighted by Gasteiger charge is 2.17. The highest BCUT2D eigenvalue weighted by atomic mass is 16.5. The lowest BCUT2D eigenvalue weighted by molar-refractivity contribution is 0.0531. The van der Waals surface area contributed by atoms with Crippen LogP contribution < -0.4 is 10.1 Å². The van der Waals surface area contributed by atoms with Crippen LogP contribution in [0.1, 0.15) is 37.6 Å². The van der Waals surface area contributed by atoms with E-state index in [1.807, 2.05) is 46.8 Å². The maximum atomic E-state index is 9.58. The normalized spacial score (nSPS) is 12.3. The van der Waals surface area contributed by atoms with Crippen molar-refractivity contribution in [1.29, 1.82) is 0 Å². The number of aryl methyl sites for hydroxylation is 3. The lowest BCUT2D eigenvalue weighted by Crippen LogP contribution is -2.22. The van der Waals surface area contributed by atoms with Crippen LogP contribution in [0.3, 0.4) is 0 Å². The van der Waals surface area contributed by atoms with Crippen molar-refractivity contribution in [3.63, 3.8) is 0 Å². The van der Waals surface area contributed by atoms with Crippen LogP contribution in [0.15, 0.2) is 22.7 Å². The zero-order chi connectivity index (χ0) is 22.5. The first-order valence-electron chi connectivity index (χ1n) is 10.3. The number of nitrogens with one attached hydrogen (secondary N) is 1. The van der Waals surface area contributed by atoms with Gasteiger partial charge in [-0.05, 0) is 63.4 Å². The van der Waals surface area contributed by atoms with Crippen molar-refractivity contribution in [3.05, 3.63) is 35.0 Å². The van der Waals surface area contributed by atoms with E-state index in [1.54, 1.807) is 6.07 Å². The Hall–Kier alpha value is -3.04. The van der Waals surface area contributed by atoms with E-state index in [9.17, 15) is 5.11 Å². The van der Waals surface area contributed by atoms with E-state index < -0.39 is 6.10 Å². The Bertz CT molecular complexity index is 1030. The SMILES string of the molecule is CCc1cc(-c2noc(-c3cc(C)nc(NC(C)C)n3)n2)cc(C)c1OCC(O)CO. The summed E-state index contributed by atoms with van der Waals surface area (Å²) >= 11 is 0. The van der Waals surface area contributed by atoms with E-state index in [0.29, 0.717) is 29.1 Å². The molecule has 2 heterocycles. The van der Waals surface area contributed by atoms with Gasteiger partial charge in [0.15, 0.2) is 0 Å². The number of ether oxygens (including phenoxy) is 1. The number of hydrogen-bond acceptors (Lipinski definition) is 9. The molecule has 0 fully saturated rings. The molecule has 1 unspecified atom stereocenters. The van der Waals surface area contributed by atoms with E-state index in [-0.39, 0.29) is 19.3 Å². The van der Waals surface area contributed by atoms with Gasteiger partial charge in [-0.15, -0.1) is 0 Å². The number of aliphatic hydroxyl groups excluding tert-OH is 2. The molecule has 3 N–H and O–H groups in total. The quantitative estimate of drug-likeness (QED) is 0.472. The van der Waals surface area contributed by atoms with Gasteiger partial charge in [-0.1, -0.05) is 12.1 Å². The van der Waals surface area contributed by atoms with E-state index in [4.69, 9.17) is 14.4 Å². The molecule has 0 spiro atoms. The van der Waals surface area contributed by atoms with Crippen LogP contribution in [0, 0.1) is 13.8 Å². The standard InChI is InChI=1S/C22H29N5O4/c1-6-15-9-16(7-13(4)19(15)30-11-17(29)10-28)20-26-21(31-27-20)18-8-14(5)24-22(25-18)23-12(2)3/h7-9,12,17,28-29H,6,10-11H2,1-5H3,(H,23,24,25). The van der Waals surface area contributed by atoms with Crippen LogP contribution in [-0.4, -0.2) is 55.7 Å². The zero-order valence-electron chi connectivity index (χ0n) is 18.5. The maximum Gasteiger partial charge on any atom is 0.277 e. The maximum absolute atomic E-state index is 9.58. The fourth-order valence-electron chi connectivity index (χ4n) is 3.12. The predicted octanol–water partition coefficient (Wildman–Crippen LogP) is 2.93. The molecule has 2 aromatic heterocycles. The number of nitrogens with zero attached hydrogens (tertiary/aromatic N) is 4. The van der Waals surface area contributed by atoms with Crippen LogP contribution in [0.5, 0.6) is 5.75 Å². The van der Waals surface area contributed by atoms with Gasteiger partial charge in [0.1, 0.15) is 24.2 Å². The lowest BCUT2D eigenvalue weighted by Gasteiger charge is -2.16.